The van der Waals surface area contributed by atoms with Crippen molar-refractivity contribution in [3.05, 3.63) is 29.8 Å². The Kier molecular flexibility index (Phi) is 6.70. The number of nitrogens with zero attached hydrogens (tertiary/aromatic N) is 1. The van der Waals surface area contributed by atoms with Crippen molar-refractivity contribution in [2.75, 3.05) is 20.1 Å². The van der Waals surface area contributed by atoms with Gasteiger partial charge in [-0.3, -0.25) is 0 Å². The molecule has 0 bridgehead atoms. The molecule has 0 aliphatic heterocycles. The molecular weight excluding hydrogens is 298 g/mol. The number of halogens is 2. The molecule has 1 rings (SSSR count). The number of hydrogen-bond acceptors (Lipinski definition) is 3. The van der Waals surface area contributed by atoms with E-state index in [4.69, 9.17) is 0 Å². The van der Waals surface area contributed by atoms with Crippen molar-refractivity contribution in [2.45, 2.75) is 37.6 Å². The quantitative estimate of drug-likeness (QED) is 0.748. The van der Waals surface area contributed by atoms with Crippen molar-refractivity contribution in [1.82, 2.24) is 9.62 Å². The van der Waals surface area contributed by atoms with Gasteiger partial charge in [0.2, 0.25) is 10.0 Å². The van der Waals surface area contributed by atoms with Crippen molar-refractivity contribution in [1.29, 1.82) is 0 Å². The van der Waals surface area contributed by atoms with Gasteiger partial charge in [0.25, 0.3) is 0 Å². The highest BCUT2D eigenvalue weighted by Crippen LogP contribution is 2.15. The molecule has 4 nitrogen and oxygen atoms in total. The summed E-state index contributed by atoms with van der Waals surface area (Å²) < 4.78 is 52.5. The van der Waals surface area contributed by atoms with Crippen molar-refractivity contribution >= 4 is 10.0 Å². The SMILES string of the molecule is CC(C)N(C)CCCCNS(=O)(=O)c1cc(F)ccc1F. The molecule has 1 aromatic rings. The first kappa shape index (κ1) is 18.0. The summed E-state index contributed by atoms with van der Waals surface area (Å²) in [5.41, 5.74) is 0. The van der Waals surface area contributed by atoms with Crippen molar-refractivity contribution in [3.8, 4) is 0 Å². The summed E-state index contributed by atoms with van der Waals surface area (Å²) in [5.74, 6) is -1.74. The third kappa shape index (κ3) is 5.68. The highest BCUT2D eigenvalue weighted by Gasteiger charge is 2.19. The van der Waals surface area contributed by atoms with Gasteiger partial charge >= 0.3 is 0 Å². The maximum Gasteiger partial charge on any atom is 0.243 e. The van der Waals surface area contributed by atoms with Gasteiger partial charge in [0, 0.05) is 12.6 Å². The van der Waals surface area contributed by atoms with Crippen molar-refractivity contribution < 1.29 is 17.2 Å². The Balaban J connectivity index is 2.49. The summed E-state index contributed by atoms with van der Waals surface area (Å²) in [4.78, 5) is 1.50. The number of benzene rings is 1. The first-order chi connectivity index (χ1) is 9.74. The molecule has 0 saturated heterocycles. The van der Waals surface area contributed by atoms with E-state index in [1.165, 1.54) is 0 Å². The zero-order chi connectivity index (χ0) is 16.0. The molecule has 120 valence electrons. The predicted molar refractivity (Wildman–Crippen MR) is 78.5 cm³/mol. The molecule has 0 heterocycles. The Bertz CT molecular complexity index is 562. The van der Waals surface area contributed by atoms with E-state index in [2.05, 4.69) is 23.5 Å². The minimum absolute atomic E-state index is 0.199. The molecule has 0 aliphatic carbocycles. The largest absolute Gasteiger partial charge is 0.304 e. The smallest absolute Gasteiger partial charge is 0.243 e. The highest BCUT2D eigenvalue weighted by atomic mass is 32.2. The van der Waals surface area contributed by atoms with E-state index in [1.54, 1.807) is 0 Å². The Labute approximate surface area is 125 Å². The lowest BCUT2D eigenvalue weighted by Gasteiger charge is -2.20. The molecule has 21 heavy (non-hydrogen) atoms. The number of sulfonamides is 1. The maximum atomic E-state index is 13.4. The lowest BCUT2D eigenvalue weighted by atomic mass is 10.2. The summed E-state index contributed by atoms with van der Waals surface area (Å²) in [6.07, 6.45) is 1.45. The average molecular weight is 320 g/mol. The van der Waals surface area contributed by atoms with Crippen LogP contribution in [0.2, 0.25) is 0 Å². The van der Waals surface area contributed by atoms with Crippen LogP contribution in [0.15, 0.2) is 23.1 Å². The number of unbranched alkanes of at least 4 members (excludes halogenated alkanes) is 1. The second-order valence-corrected chi connectivity index (χ2v) is 6.99. The number of hydrogen-bond donors (Lipinski definition) is 1. The molecule has 0 unspecified atom stereocenters. The fraction of sp³-hybridized carbons (Fsp3) is 0.571. The van der Waals surface area contributed by atoms with Gasteiger partial charge in [0.15, 0.2) is 0 Å². The fourth-order valence-electron chi connectivity index (χ4n) is 1.71. The minimum Gasteiger partial charge on any atom is -0.304 e. The molecule has 1 N–H and O–H groups in total. The molecule has 0 atom stereocenters. The van der Waals surface area contributed by atoms with Crippen LogP contribution in [0.4, 0.5) is 8.78 Å². The molecule has 1 aromatic carbocycles. The van der Waals surface area contributed by atoms with Gasteiger partial charge in [-0.25, -0.2) is 21.9 Å². The van der Waals surface area contributed by atoms with Crippen LogP contribution in [0, 0.1) is 11.6 Å². The standard InChI is InChI=1S/C14H22F2N2O2S/c1-11(2)18(3)9-5-4-8-17-21(19,20)14-10-12(15)6-7-13(14)16/h6-7,10-11,17H,4-5,8-9H2,1-3H3. The lowest BCUT2D eigenvalue weighted by Crippen LogP contribution is -2.29. The molecule has 0 aliphatic rings. The Morgan fingerprint density at radius 1 is 1.24 bits per heavy atom. The van der Waals surface area contributed by atoms with E-state index in [0.717, 1.165) is 25.1 Å². The second-order valence-electron chi connectivity index (χ2n) is 5.25. The van der Waals surface area contributed by atoms with Gasteiger partial charge in [0.1, 0.15) is 16.5 Å². The van der Waals surface area contributed by atoms with Crippen LogP contribution in [-0.2, 0) is 10.0 Å². The highest BCUT2D eigenvalue weighted by molar-refractivity contribution is 7.89. The number of rotatable bonds is 8. The molecule has 0 amide bonds. The maximum absolute atomic E-state index is 13.4. The van der Waals surface area contributed by atoms with E-state index in [9.17, 15) is 17.2 Å². The van der Waals surface area contributed by atoms with Crippen LogP contribution >= 0.6 is 0 Å². The summed E-state index contributed by atoms with van der Waals surface area (Å²) in [6.45, 7) is 5.21. The first-order valence-electron chi connectivity index (χ1n) is 6.89. The van der Waals surface area contributed by atoms with Crippen LogP contribution in [0.5, 0.6) is 0 Å². The molecule has 0 fully saturated rings. The summed E-state index contributed by atoms with van der Waals surface area (Å²) in [5, 5.41) is 0. The second kappa shape index (κ2) is 7.82. The van der Waals surface area contributed by atoms with Gasteiger partial charge in [-0.05, 0) is 58.5 Å². The third-order valence-corrected chi connectivity index (χ3v) is 4.77. The van der Waals surface area contributed by atoms with Gasteiger partial charge in [-0.15, -0.1) is 0 Å². The number of nitrogens with one attached hydrogen (secondary N) is 1. The minimum atomic E-state index is -4.01. The zero-order valence-corrected chi connectivity index (χ0v) is 13.4. The van der Waals surface area contributed by atoms with E-state index < -0.39 is 26.6 Å². The van der Waals surface area contributed by atoms with E-state index in [0.29, 0.717) is 18.5 Å². The van der Waals surface area contributed by atoms with E-state index in [1.807, 2.05) is 7.05 Å². The van der Waals surface area contributed by atoms with E-state index in [-0.39, 0.29) is 6.54 Å². The zero-order valence-electron chi connectivity index (χ0n) is 12.6. The topological polar surface area (TPSA) is 49.4 Å². The normalized spacial score (nSPS) is 12.3. The third-order valence-electron chi connectivity index (χ3n) is 3.29. The Morgan fingerprint density at radius 3 is 2.52 bits per heavy atom. The summed E-state index contributed by atoms with van der Waals surface area (Å²) in [6, 6.07) is 2.81. The van der Waals surface area contributed by atoms with Crippen LogP contribution in [0.3, 0.4) is 0 Å². The van der Waals surface area contributed by atoms with Crippen LogP contribution < -0.4 is 4.72 Å². The Morgan fingerprint density at radius 2 is 1.90 bits per heavy atom. The lowest BCUT2D eigenvalue weighted by molar-refractivity contribution is 0.268. The summed E-state index contributed by atoms with van der Waals surface area (Å²) >= 11 is 0. The van der Waals surface area contributed by atoms with Crippen LogP contribution in [0.25, 0.3) is 0 Å². The van der Waals surface area contributed by atoms with Crippen LogP contribution in [-0.4, -0.2) is 39.5 Å². The van der Waals surface area contributed by atoms with Crippen molar-refractivity contribution in [2.24, 2.45) is 0 Å². The van der Waals surface area contributed by atoms with Crippen molar-refractivity contribution in [3.63, 3.8) is 0 Å². The van der Waals surface area contributed by atoms with Gasteiger partial charge in [-0.1, -0.05) is 0 Å². The van der Waals surface area contributed by atoms with Gasteiger partial charge in [-0.2, -0.15) is 0 Å². The molecular formula is C14H22F2N2O2S. The van der Waals surface area contributed by atoms with E-state index >= 15 is 0 Å². The first-order valence-corrected chi connectivity index (χ1v) is 8.37. The van der Waals surface area contributed by atoms with Gasteiger partial charge in [0.05, 0.1) is 0 Å². The predicted octanol–water partition coefficient (Wildman–Crippen LogP) is 2.36. The van der Waals surface area contributed by atoms with Crippen LogP contribution in [0.1, 0.15) is 26.7 Å². The molecule has 0 radical (unpaired) electrons. The molecule has 0 saturated carbocycles. The molecule has 7 heteroatoms. The molecule has 0 aromatic heterocycles. The monoisotopic (exact) mass is 320 g/mol. The Hall–Kier alpha value is -1.05. The van der Waals surface area contributed by atoms with Gasteiger partial charge < -0.3 is 4.90 Å². The molecule has 0 spiro atoms. The fourth-order valence-corrected chi connectivity index (χ4v) is 2.87. The average Bonchev–Trinajstić information content (AvgIpc) is 2.40. The summed E-state index contributed by atoms with van der Waals surface area (Å²) in [7, 11) is -2.01.